The first kappa shape index (κ1) is 12.2. The van der Waals surface area contributed by atoms with Crippen molar-refractivity contribution >= 4 is 20.0 Å². The lowest BCUT2D eigenvalue weighted by Crippen LogP contribution is -2.22. The molecule has 0 aromatic heterocycles. The van der Waals surface area contributed by atoms with Gasteiger partial charge in [-0.25, -0.2) is 0 Å². The van der Waals surface area contributed by atoms with Gasteiger partial charge in [-0.3, -0.25) is 0 Å². The highest BCUT2D eigenvalue weighted by atomic mass is 14.0. The van der Waals surface area contributed by atoms with Crippen molar-refractivity contribution in [3.8, 4) is 0 Å². The van der Waals surface area contributed by atoms with E-state index >= 15 is 0 Å². The van der Waals surface area contributed by atoms with Crippen molar-refractivity contribution < 1.29 is 0 Å². The summed E-state index contributed by atoms with van der Waals surface area (Å²) in [5, 5.41) is 0. The minimum absolute atomic E-state index is 0.0786. The molecule has 76 valence electrons. The molecule has 2 heteroatoms. The van der Waals surface area contributed by atoms with Gasteiger partial charge in [0.05, 0.1) is 7.85 Å². The van der Waals surface area contributed by atoms with Crippen LogP contribution in [0.25, 0.3) is 0 Å². The molecule has 2 radical (unpaired) electrons. The number of allylic oxidation sites excluding steroid dienone is 1. The molecule has 0 aliphatic rings. The normalized spacial score (nSPS) is 12.2. The molecule has 1 atom stereocenters. The highest BCUT2D eigenvalue weighted by molar-refractivity contribution is 6.70. The van der Waals surface area contributed by atoms with Gasteiger partial charge in [0.15, 0.2) is 6.71 Å². The first-order chi connectivity index (χ1) is 7.00. The smallest absolute Gasteiger partial charge is 0.101 e. The van der Waals surface area contributed by atoms with Gasteiger partial charge in [0.25, 0.3) is 0 Å². The van der Waals surface area contributed by atoms with Crippen LogP contribution in [0.2, 0.25) is 19.5 Å². The number of rotatable bonds is 4. The van der Waals surface area contributed by atoms with Gasteiger partial charge in [0, 0.05) is 0 Å². The Hall–Kier alpha value is -0.910. The summed E-state index contributed by atoms with van der Waals surface area (Å²) in [5.74, 6) is 0.0786. The third kappa shape index (κ3) is 3.62. The van der Waals surface area contributed by atoms with E-state index in [4.69, 9.17) is 7.85 Å². The van der Waals surface area contributed by atoms with Gasteiger partial charge in [-0.2, -0.15) is 0 Å². The SMILES string of the molecule is [B][C@@H](Cc1ccc(B(C)C)cc1)C(=C)C. The van der Waals surface area contributed by atoms with Crippen LogP contribution in [0.1, 0.15) is 12.5 Å². The maximum absolute atomic E-state index is 5.95. The molecule has 1 rings (SSSR count). The van der Waals surface area contributed by atoms with Gasteiger partial charge in [-0.1, -0.05) is 54.8 Å². The minimum atomic E-state index is 0.0786. The molecule has 0 N–H and O–H groups in total. The van der Waals surface area contributed by atoms with Crippen LogP contribution in [-0.2, 0) is 6.42 Å². The zero-order valence-corrected chi connectivity index (χ0v) is 9.96. The third-order valence-corrected chi connectivity index (χ3v) is 2.73. The molecule has 0 aliphatic heterocycles. The summed E-state index contributed by atoms with van der Waals surface area (Å²) < 4.78 is 0. The predicted molar refractivity (Wildman–Crippen MR) is 71.6 cm³/mol. The van der Waals surface area contributed by atoms with E-state index in [2.05, 4.69) is 44.5 Å². The number of benzene rings is 1. The first-order valence-corrected chi connectivity index (χ1v) is 5.50. The summed E-state index contributed by atoms with van der Waals surface area (Å²) in [6.07, 6.45) is 0.883. The molecule has 1 aromatic rings. The van der Waals surface area contributed by atoms with E-state index in [0.29, 0.717) is 6.71 Å². The molecule has 0 aliphatic carbocycles. The summed E-state index contributed by atoms with van der Waals surface area (Å²) in [4.78, 5) is 0. The van der Waals surface area contributed by atoms with Crippen LogP contribution in [0.4, 0.5) is 0 Å². The van der Waals surface area contributed by atoms with E-state index in [1.807, 2.05) is 6.92 Å². The Bertz CT molecular complexity index is 325. The number of hydrogen-bond donors (Lipinski definition) is 0. The lowest BCUT2D eigenvalue weighted by molar-refractivity contribution is 0.940. The largest absolute Gasteiger partial charge is 0.169 e. The second-order valence-electron chi connectivity index (χ2n) is 4.55. The van der Waals surface area contributed by atoms with Crippen LogP contribution in [0.15, 0.2) is 36.4 Å². The molecule has 0 bridgehead atoms. The Morgan fingerprint density at radius 2 is 1.87 bits per heavy atom. The van der Waals surface area contributed by atoms with Crippen LogP contribution >= 0.6 is 0 Å². The molecular formula is C13H18B2. The highest BCUT2D eigenvalue weighted by Gasteiger charge is 2.05. The van der Waals surface area contributed by atoms with Gasteiger partial charge in [0.2, 0.25) is 0 Å². The summed E-state index contributed by atoms with van der Waals surface area (Å²) in [7, 11) is 5.95. The Morgan fingerprint density at radius 1 is 1.33 bits per heavy atom. The van der Waals surface area contributed by atoms with Crippen molar-refractivity contribution in [1.82, 2.24) is 0 Å². The van der Waals surface area contributed by atoms with Crippen LogP contribution in [0.5, 0.6) is 0 Å². The lowest BCUT2D eigenvalue weighted by atomic mass is 9.49. The summed E-state index contributed by atoms with van der Waals surface area (Å²) in [6, 6.07) is 8.70. The van der Waals surface area contributed by atoms with E-state index in [1.54, 1.807) is 0 Å². The van der Waals surface area contributed by atoms with Crippen molar-refractivity contribution in [2.45, 2.75) is 32.8 Å². The predicted octanol–water partition coefficient (Wildman–Crippen LogP) is 2.72. The molecule has 0 nitrogen and oxygen atoms in total. The van der Waals surface area contributed by atoms with Crippen molar-refractivity contribution in [1.29, 1.82) is 0 Å². The molecule has 0 saturated heterocycles. The topological polar surface area (TPSA) is 0 Å². The second kappa shape index (κ2) is 5.25. The first-order valence-electron chi connectivity index (χ1n) is 5.50. The standard InChI is InChI=1S/C13H18B2/c1-10(2)13(14)9-11-5-7-12(8-6-11)15(3)4/h5-8,13H,1,9H2,2-4H3/t13-/m0/s1. The van der Waals surface area contributed by atoms with Crippen LogP contribution in [0, 0.1) is 0 Å². The molecule has 1 aromatic carbocycles. The second-order valence-corrected chi connectivity index (χ2v) is 4.55. The molecule has 0 saturated carbocycles. The number of hydrogen-bond acceptors (Lipinski definition) is 0. The Balaban J connectivity index is 2.68. The van der Waals surface area contributed by atoms with Crippen LogP contribution < -0.4 is 5.46 Å². The van der Waals surface area contributed by atoms with Gasteiger partial charge in [-0.15, -0.1) is 6.58 Å². The Kier molecular flexibility index (Phi) is 4.26. The zero-order valence-electron chi connectivity index (χ0n) is 9.96. The average molecular weight is 196 g/mol. The molecular weight excluding hydrogens is 178 g/mol. The molecule has 0 amide bonds. The molecule has 0 fully saturated rings. The van der Waals surface area contributed by atoms with Gasteiger partial charge < -0.3 is 0 Å². The van der Waals surface area contributed by atoms with E-state index in [9.17, 15) is 0 Å². The van der Waals surface area contributed by atoms with Crippen molar-refractivity contribution in [2.24, 2.45) is 0 Å². The quantitative estimate of drug-likeness (QED) is 0.512. The maximum atomic E-state index is 5.95. The molecule has 0 unspecified atom stereocenters. The lowest BCUT2D eigenvalue weighted by Gasteiger charge is -2.12. The monoisotopic (exact) mass is 196 g/mol. The van der Waals surface area contributed by atoms with Gasteiger partial charge in [-0.05, 0) is 18.9 Å². The van der Waals surface area contributed by atoms with Gasteiger partial charge >= 0.3 is 0 Å². The summed E-state index contributed by atoms with van der Waals surface area (Å²) >= 11 is 0. The van der Waals surface area contributed by atoms with E-state index < -0.39 is 0 Å². The summed E-state index contributed by atoms with van der Waals surface area (Å²) in [5.41, 5.74) is 3.71. The highest BCUT2D eigenvalue weighted by Crippen LogP contribution is 2.16. The Morgan fingerprint density at radius 3 is 2.27 bits per heavy atom. The third-order valence-electron chi connectivity index (χ3n) is 2.73. The van der Waals surface area contributed by atoms with E-state index in [-0.39, 0.29) is 5.82 Å². The zero-order chi connectivity index (χ0) is 11.4. The van der Waals surface area contributed by atoms with E-state index in [1.165, 1.54) is 11.0 Å². The fourth-order valence-electron chi connectivity index (χ4n) is 1.47. The van der Waals surface area contributed by atoms with Crippen molar-refractivity contribution in [3.63, 3.8) is 0 Å². The van der Waals surface area contributed by atoms with E-state index in [0.717, 1.165) is 12.0 Å². The van der Waals surface area contributed by atoms with Crippen molar-refractivity contribution in [3.05, 3.63) is 42.0 Å². The Labute approximate surface area is 95.3 Å². The molecule has 15 heavy (non-hydrogen) atoms. The molecule has 0 spiro atoms. The fraction of sp³-hybridized carbons (Fsp3) is 0.385. The average Bonchev–Trinajstić information content (AvgIpc) is 2.18. The fourth-order valence-corrected chi connectivity index (χ4v) is 1.47. The summed E-state index contributed by atoms with van der Waals surface area (Å²) in [6.45, 7) is 10.8. The van der Waals surface area contributed by atoms with Crippen LogP contribution in [-0.4, -0.2) is 14.6 Å². The maximum Gasteiger partial charge on any atom is 0.169 e. The minimum Gasteiger partial charge on any atom is -0.101 e. The van der Waals surface area contributed by atoms with Crippen molar-refractivity contribution in [2.75, 3.05) is 0 Å². The van der Waals surface area contributed by atoms with Gasteiger partial charge in [0.1, 0.15) is 0 Å². The molecule has 0 heterocycles. The van der Waals surface area contributed by atoms with Crippen LogP contribution in [0.3, 0.4) is 0 Å².